The second-order valence-electron chi connectivity index (χ2n) is 10.6. The molecule has 0 spiro atoms. The summed E-state index contributed by atoms with van der Waals surface area (Å²) in [5, 5.41) is 7.82. The molecule has 2 aromatic heterocycles. The molecule has 2 amide bonds. The van der Waals surface area contributed by atoms with Crippen molar-refractivity contribution in [3.8, 4) is 11.3 Å². The molecular weight excluding hydrogens is 538 g/mol. The Morgan fingerprint density at radius 1 is 1.22 bits per heavy atom. The van der Waals surface area contributed by atoms with Gasteiger partial charge in [0, 0.05) is 65.7 Å². The van der Waals surface area contributed by atoms with E-state index < -0.39 is 0 Å². The van der Waals surface area contributed by atoms with Gasteiger partial charge in [-0.05, 0) is 63.7 Å². The topological polar surface area (TPSA) is 106 Å². The third-order valence-electron chi connectivity index (χ3n) is 7.10. The van der Waals surface area contributed by atoms with Crippen molar-refractivity contribution >= 4 is 46.0 Å². The molecule has 1 unspecified atom stereocenters. The first kappa shape index (κ1) is 28.3. The highest BCUT2D eigenvalue weighted by Gasteiger charge is 2.26. The van der Waals surface area contributed by atoms with E-state index in [4.69, 9.17) is 16.6 Å². The standard InChI is InChI=1S/C31H34ClN7O2/c1-20-16-21(12-13-26(20)36-28(40)11-7-14-38(2)3)30(41)39-15-6-8-22(19-39)35-31-34-18-25(32)29(37-31)24-17-33-27-10-5-4-9-23(24)27/h4-5,7,9-13,16-18,22,33H,6,8,14-15,19H2,1-3H3,(H,36,40)(H,34,35,37)/b11-7+. The highest BCUT2D eigenvalue weighted by Crippen LogP contribution is 2.32. The van der Waals surface area contributed by atoms with Crippen molar-refractivity contribution in [1.82, 2.24) is 24.8 Å². The van der Waals surface area contributed by atoms with Crippen molar-refractivity contribution in [3.05, 3.63) is 83.2 Å². The van der Waals surface area contributed by atoms with Crippen LogP contribution in [0.15, 0.2) is 67.0 Å². The number of amides is 2. The van der Waals surface area contributed by atoms with Crippen LogP contribution in [0.4, 0.5) is 11.6 Å². The third-order valence-corrected chi connectivity index (χ3v) is 7.38. The molecule has 0 saturated carbocycles. The number of para-hydroxylation sites is 1. The van der Waals surface area contributed by atoms with Gasteiger partial charge >= 0.3 is 0 Å². The predicted octanol–water partition coefficient (Wildman–Crippen LogP) is 5.36. The number of likely N-dealkylation sites (N-methyl/N-ethyl adjacent to an activating group) is 1. The van der Waals surface area contributed by atoms with E-state index >= 15 is 0 Å². The molecular formula is C31H34ClN7O2. The van der Waals surface area contributed by atoms with Gasteiger partial charge in [-0.3, -0.25) is 9.59 Å². The normalized spacial score (nSPS) is 15.5. The average Bonchev–Trinajstić information content (AvgIpc) is 3.39. The second kappa shape index (κ2) is 12.5. The average molecular weight is 572 g/mol. The highest BCUT2D eigenvalue weighted by molar-refractivity contribution is 6.33. The van der Waals surface area contributed by atoms with Crippen LogP contribution >= 0.6 is 11.6 Å². The summed E-state index contributed by atoms with van der Waals surface area (Å²) in [4.78, 5) is 41.9. The number of aromatic amines is 1. The number of carbonyl (C=O) groups excluding carboxylic acids is 2. The minimum Gasteiger partial charge on any atom is -0.360 e. The number of rotatable bonds is 8. The fourth-order valence-corrected chi connectivity index (χ4v) is 5.21. The van der Waals surface area contributed by atoms with Crippen LogP contribution in [0.2, 0.25) is 5.02 Å². The largest absolute Gasteiger partial charge is 0.360 e. The van der Waals surface area contributed by atoms with Crippen LogP contribution in [0.3, 0.4) is 0 Å². The Labute approximate surface area is 244 Å². The minimum atomic E-state index is -0.198. The molecule has 9 nitrogen and oxygen atoms in total. The Hall–Kier alpha value is -4.21. The van der Waals surface area contributed by atoms with Crippen LogP contribution in [0.25, 0.3) is 22.2 Å². The Morgan fingerprint density at radius 2 is 2.05 bits per heavy atom. The van der Waals surface area contributed by atoms with E-state index in [1.165, 1.54) is 6.08 Å². The molecule has 5 rings (SSSR count). The minimum absolute atomic E-state index is 0.00157. The lowest BCUT2D eigenvalue weighted by molar-refractivity contribution is -0.111. The van der Waals surface area contributed by atoms with E-state index in [-0.39, 0.29) is 17.9 Å². The Balaban J connectivity index is 1.24. The van der Waals surface area contributed by atoms with Crippen molar-refractivity contribution < 1.29 is 9.59 Å². The number of carbonyl (C=O) groups is 2. The molecule has 3 N–H and O–H groups in total. The molecule has 10 heteroatoms. The van der Waals surface area contributed by atoms with Crippen molar-refractivity contribution in [2.24, 2.45) is 0 Å². The van der Waals surface area contributed by atoms with Crippen LogP contribution < -0.4 is 10.6 Å². The van der Waals surface area contributed by atoms with Crippen molar-refractivity contribution in [1.29, 1.82) is 0 Å². The zero-order chi connectivity index (χ0) is 28.9. The van der Waals surface area contributed by atoms with Gasteiger partial charge in [-0.15, -0.1) is 0 Å². The van der Waals surface area contributed by atoms with Gasteiger partial charge in [-0.25, -0.2) is 9.97 Å². The van der Waals surface area contributed by atoms with Gasteiger partial charge in [0.1, 0.15) is 0 Å². The quantitative estimate of drug-likeness (QED) is 0.246. The summed E-state index contributed by atoms with van der Waals surface area (Å²) in [5.74, 6) is 0.237. The lowest BCUT2D eigenvalue weighted by Crippen LogP contribution is -2.45. The van der Waals surface area contributed by atoms with E-state index in [0.29, 0.717) is 47.6 Å². The maximum atomic E-state index is 13.4. The molecule has 1 atom stereocenters. The molecule has 4 aromatic rings. The number of H-pyrrole nitrogens is 1. The lowest BCUT2D eigenvalue weighted by Gasteiger charge is -2.33. The predicted molar refractivity (Wildman–Crippen MR) is 164 cm³/mol. The molecule has 0 aliphatic carbocycles. The third kappa shape index (κ3) is 6.75. The number of nitrogens with one attached hydrogen (secondary N) is 3. The number of piperidine rings is 1. The number of fused-ring (bicyclic) bond motifs is 1. The van der Waals surface area contributed by atoms with Gasteiger partial charge in [0.15, 0.2) is 0 Å². The van der Waals surface area contributed by atoms with E-state index in [2.05, 4.69) is 20.6 Å². The number of nitrogens with zero attached hydrogens (tertiary/aromatic N) is 4. The monoisotopic (exact) mass is 571 g/mol. The molecule has 0 bridgehead atoms. The molecule has 212 valence electrons. The van der Waals surface area contributed by atoms with Crippen molar-refractivity contribution in [2.75, 3.05) is 44.4 Å². The van der Waals surface area contributed by atoms with Crippen LogP contribution in [-0.2, 0) is 4.79 Å². The van der Waals surface area contributed by atoms with Gasteiger partial charge in [-0.2, -0.15) is 0 Å². The molecule has 1 fully saturated rings. The SMILES string of the molecule is Cc1cc(C(=O)N2CCCC(Nc3ncc(Cl)c(-c4c[nH]c5ccccc45)n3)C2)ccc1NC(=O)/C=C/CN(C)C. The summed E-state index contributed by atoms with van der Waals surface area (Å²) in [6.07, 6.45) is 8.60. The van der Waals surface area contributed by atoms with Gasteiger partial charge < -0.3 is 25.4 Å². The maximum absolute atomic E-state index is 13.4. The van der Waals surface area contributed by atoms with Crippen LogP contribution in [0.1, 0.15) is 28.8 Å². The maximum Gasteiger partial charge on any atom is 0.253 e. The zero-order valence-electron chi connectivity index (χ0n) is 23.4. The Kier molecular flexibility index (Phi) is 8.66. The number of benzene rings is 2. The molecule has 1 aliphatic rings. The summed E-state index contributed by atoms with van der Waals surface area (Å²) in [6, 6.07) is 13.4. The van der Waals surface area contributed by atoms with Gasteiger partial charge in [-0.1, -0.05) is 35.9 Å². The number of halogens is 1. The summed E-state index contributed by atoms with van der Waals surface area (Å²) >= 11 is 6.50. The summed E-state index contributed by atoms with van der Waals surface area (Å²) in [7, 11) is 3.88. The summed E-state index contributed by atoms with van der Waals surface area (Å²) in [5.41, 5.74) is 4.68. The molecule has 3 heterocycles. The molecule has 1 aliphatic heterocycles. The van der Waals surface area contributed by atoms with Crippen molar-refractivity contribution in [3.63, 3.8) is 0 Å². The van der Waals surface area contributed by atoms with Gasteiger partial charge in [0.2, 0.25) is 11.9 Å². The zero-order valence-corrected chi connectivity index (χ0v) is 24.2. The number of hydrogen-bond acceptors (Lipinski definition) is 6. The highest BCUT2D eigenvalue weighted by atomic mass is 35.5. The number of aromatic nitrogens is 3. The number of hydrogen-bond donors (Lipinski definition) is 3. The first-order valence-corrected chi connectivity index (χ1v) is 14.0. The number of aryl methyl sites for hydroxylation is 1. The number of likely N-dealkylation sites (tertiary alicyclic amines) is 1. The van der Waals surface area contributed by atoms with Crippen LogP contribution in [0, 0.1) is 6.92 Å². The van der Waals surface area contributed by atoms with E-state index in [1.54, 1.807) is 18.3 Å². The van der Waals surface area contributed by atoms with E-state index in [1.807, 2.05) is 73.4 Å². The fourth-order valence-electron chi connectivity index (χ4n) is 5.02. The Morgan fingerprint density at radius 3 is 2.85 bits per heavy atom. The van der Waals surface area contributed by atoms with E-state index in [0.717, 1.165) is 34.9 Å². The summed E-state index contributed by atoms with van der Waals surface area (Å²) < 4.78 is 0. The first-order valence-electron chi connectivity index (χ1n) is 13.7. The van der Waals surface area contributed by atoms with Crippen molar-refractivity contribution in [2.45, 2.75) is 25.8 Å². The second-order valence-corrected chi connectivity index (χ2v) is 11.0. The number of anilines is 2. The molecule has 2 aromatic carbocycles. The van der Waals surface area contributed by atoms with Gasteiger partial charge in [0.05, 0.1) is 16.9 Å². The molecule has 0 radical (unpaired) electrons. The molecule has 1 saturated heterocycles. The smallest absolute Gasteiger partial charge is 0.253 e. The van der Waals surface area contributed by atoms with Gasteiger partial charge in [0.25, 0.3) is 5.91 Å². The van der Waals surface area contributed by atoms with Crippen LogP contribution in [0.5, 0.6) is 0 Å². The summed E-state index contributed by atoms with van der Waals surface area (Å²) in [6.45, 7) is 3.77. The Bertz CT molecular complexity index is 1600. The van der Waals surface area contributed by atoms with E-state index in [9.17, 15) is 9.59 Å². The fraction of sp³-hybridized carbons (Fsp3) is 0.290. The first-order chi connectivity index (χ1) is 19.8. The van der Waals surface area contributed by atoms with Crippen LogP contribution in [-0.4, -0.2) is 76.3 Å². The molecule has 41 heavy (non-hydrogen) atoms. The lowest BCUT2D eigenvalue weighted by atomic mass is 10.0.